The van der Waals surface area contributed by atoms with E-state index in [1.807, 2.05) is 7.05 Å². The van der Waals surface area contributed by atoms with Gasteiger partial charge in [-0.05, 0) is 49.6 Å². The van der Waals surface area contributed by atoms with Crippen LogP contribution in [0.2, 0.25) is 0 Å². The van der Waals surface area contributed by atoms with E-state index in [0.717, 1.165) is 25.7 Å². The number of carbonyl (C=O) groups excluding carboxylic acids is 1. The molecule has 1 amide bonds. The molecule has 0 bridgehead atoms. The second-order valence-electron chi connectivity index (χ2n) is 7.00. The molecule has 1 aromatic rings. The summed E-state index contributed by atoms with van der Waals surface area (Å²) in [7, 11) is -1.58. The highest BCUT2D eigenvalue weighted by Crippen LogP contribution is 2.40. The number of nitrogens with one attached hydrogen (secondary N) is 2. The number of sulfonamides is 1. The Morgan fingerprint density at radius 1 is 1.40 bits per heavy atom. The van der Waals surface area contributed by atoms with Crippen molar-refractivity contribution in [1.29, 1.82) is 0 Å². The highest BCUT2D eigenvalue weighted by molar-refractivity contribution is 7.91. The van der Waals surface area contributed by atoms with Gasteiger partial charge in [-0.25, -0.2) is 8.42 Å². The molecule has 1 saturated heterocycles. The SMILES string of the molecule is CCC[C@H](NC)C(=O)N[C@H]1CC[C@@H]2CN(S(=O)(=O)c3cccs3)C[C@@H]21. The van der Waals surface area contributed by atoms with Gasteiger partial charge >= 0.3 is 0 Å². The van der Waals surface area contributed by atoms with E-state index in [9.17, 15) is 13.2 Å². The predicted octanol–water partition coefficient (Wildman–Crippen LogP) is 1.65. The first-order valence-corrected chi connectivity index (χ1v) is 11.3. The zero-order valence-corrected chi connectivity index (χ0v) is 16.4. The maximum atomic E-state index is 12.7. The van der Waals surface area contributed by atoms with Gasteiger partial charge in [0.2, 0.25) is 5.91 Å². The Kier molecular flexibility index (Phi) is 5.82. The van der Waals surface area contributed by atoms with Gasteiger partial charge < -0.3 is 10.6 Å². The lowest BCUT2D eigenvalue weighted by molar-refractivity contribution is -0.124. The molecule has 1 saturated carbocycles. The molecule has 0 aromatic carbocycles. The zero-order valence-electron chi connectivity index (χ0n) is 14.8. The first kappa shape index (κ1) is 18.8. The smallest absolute Gasteiger partial charge is 0.252 e. The van der Waals surface area contributed by atoms with Crippen LogP contribution in [0.1, 0.15) is 32.6 Å². The monoisotopic (exact) mass is 385 g/mol. The average molecular weight is 386 g/mol. The van der Waals surface area contributed by atoms with Gasteiger partial charge in [0.1, 0.15) is 4.21 Å². The quantitative estimate of drug-likeness (QED) is 0.748. The van der Waals surface area contributed by atoms with Gasteiger partial charge in [0.05, 0.1) is 6.04 Å². The summed E-state index contributed by atoms with van der Waals surface area (Å²) < 4.78 is 27.5. The third-order valence-electron chi connectivity index (χ3n) is 5.48. The molecule has 4 atom stereocenters. The maximum Gasteiger partial charge on any atom is 0.252 e. The first-order chi connectivity index (χ1) is 12.0. The molecule has 140 valence electrons. The van der Waals surface area contributed by atoms with Crippen LogP contribution in [0.15, 0.2) is 21.7 Å². The molecule has 2 aliphatic rings. The fraction of sp³-hybridized carbons (Fsp3) is 0.706. The van der Waals surface area contributed by atoms with Gasteiger partial charge in [0, 0.05) is 19.1 Å². The normalized spacial score (nSPS) is 28.0. The summed E-state index contributed by atoms with van der Waals surface area (Å²) in [6.07, 6.45) is 3.67. The molecular formula is C17H27N3O3S2. The Hall–Kier alpha value is -0.960. The van der Waals surface area contributed by atoms with Crippen molar-refractivity contribution in [2.75, 3.05) is 20.1 Å². The molecule has 2 fully saturated rings. The number of fused-ring (bicyclic) bond motifs is 1. The van der Waals surface area contributed by atoms with Crippen LogP contribution in [0.25, 0.3) is 0 Å². The molecule has 1 aliphatic heterocycles. The van der Waals surface area contributed by atoms with Crippen molar-refractivity contribution in [3.05, 3.63) is 17.5 Å². The Morgan fingerprint density at radius 3 is 2.84 bits per heavy atom. The Morgan fingerprint density at radius 2 is 2.20 bits per heavy atom. The summed E-state index contributed by atoms with van der Waals surface area (Å²) in [5, 5.41) is 8.03. The highest BCUT2D eigenvalue weighted by atomic mass is 32.2. The molecule has 0 unspecified atom stereocenters. The van der Waals surface area contributed by atoms with Gasteiger partial charge in [0.25, 0.3) is 10.0 Å². The number of carbonyl (C=O) groups is 1. The fourth-order valence-electron chi connectivity index (χ4n) is 4.12. The second kappa shape index (κ2) is 7.73. The number of likely N-dealkylation sites (N-methyl/N-ethyl adjacent to an activating group) is 1. The Labute approximate surface area is 154 Å². The number of rotatable bonds is 7. The van der Waals surface area contributed by atoms with E-state index in [1.165, 1.54) is 11.3 Å². The van der Waals surface area contributed by atoms with Crippen LogP contribution in [-0.2, 0) is 14.8 Å². The Balaban J connectivity index is 1.65. The topological polar surface area (TPSA) is 78.5 Å². The van der Waals surface area contributed by atoms with E-state index in [2.05, 4.69) is 17.6 Å². The third-order valence-corrected chi connectivity index (χ3v) is 8.69. The number of hydrogen-bond donors (Lipinski definition) is 2. The van der Waals surface area contributed by atoms with Crippen LogP contribution >= 0.6 is 11.3 Å². The van der Waals surface area contributed by atoms with Crippen LogP contribution < -0.4 is 10.6 Å². The van der Waals surface area contributed by atoms with Gasteiger partial charge in [-0.15, -0.1) is 11.3 Å². The predicted molar refractivity (Wildman–Crippen MR) is 99.0 cm³/mol. The minimum Gasteiger partial charge on any atom is -0.352 e. The van der Waals surface area contributed by atoms with Crippen molar-refractivity contribution in [3.8, 4) is 0 Å². The largest absolute Gasteiger partial charge is 0.352 e. The van der Waals surface area contributed by atoms with E-state index in [-0.39, 0.29) is 23.9 Å². The molecule has 0 spiro atoms. The van der Waals surface area contributed by atoms with Crippen LogP contribution in [0.4, 0.5) is 0 Å². The van der Waals surface area contributed by atoms with Crippen molar-refractivity contribution >= 4 is 27.3 Å². The molecule has 2 heterocycles. The van der Waals surface area contributed by atoms with Gasteiger partial charge in [-0.2, -0.15) is 4.31 Å². The summed E-state index contributed by atoms with van der Waals surface area (Å²) in [6.45, 7) is 3.14. The highest BCUT2D eigenvalue weighted by Gasteiger charge is 2.47. The van der Waals surface area contributed by atoms with Crippen LogP contribution in [-0.4, -0.2) is 50.9 Å². The lowest BCUT2D eigenvalue weighted by Gasteiger charge is -2.24. The van der Waals surface area contributed by atoms with Crippen molar-refractivity contribution in [3.63, 3.8) is 0 Å². The number of nitrogens with zero attached hydrogens (tertiary/aromatic N) is 1. The van der Waals surface area contributed by atoms with Gasteiger partial charge in [0.15, 0.2) is 0 Å². The van der Waals surface area contributed by atoms with Crippen LogP contribution in [0.5, 0.6) is 0 Å². The molecule has 0 radical (unpaired) electrons. The number of hydrogen-bond acceptors (Lipinski definition) is 5. The zero-order chi connectivity index (χ0) is 18.0. The second-order valence-corrected chi connectivity index (χ2v) is 10.1. The summed E-state index contributed by atoms with van der Waals surface area (Å²) in [4.78, 5) is 12.5. The number of thiophene rings is 1. The molecular weight excluding hydrogens is 358 g/mol. The van der Waals surface area contributed by atoms with Gasteiger partial charge in [-0.1, -0.05) is 19.4 Å². The molecule has 8 heteroatoms. The van der Waals surface area contributed by atoms with Crippen molar-refractivity contribution < 1.29 is 13.2 Å². The van der Waals surface area contributed by atoms with Crippen molar-refractivity contribution in [2.24, 2.45) is 11.8 Å². The fourth-order valence-corrected chi connectivity index (χ4v) is 6.79. The van der Waals surface area contributed by atoms with E-state index in [4.69, 9.17) is 0 Å². The molecule has 2 N–H and O–H groups in total. The minimum atomic E-state index is -3.39. The van der Waals surface area contributed by atoms with Crippen molar-refractivity contribution in [2.45, 2.75) is 48.9 Å². The summed E-state index contributed by atoms with van der Waals surface area (Å²) in [6, 6.07) is 3.34. The number of amides is 1. The van der Waals surface area contributed by atoms with Crippen LogP contribution in [0.3, 0.4) is 0 Å². The third kappa shape index (κ3) is 3.77. The first-order valence-electron chi connectivity index (χ1n) is 8.98. The lowest BCUT2D eigenvalue weighted by Crippen LogP contribution is -2.48. The molecule has 3 rings (SSSR count). The van der Waals surface area contributed by atoms with E-state index < -0.39 is 10.0 Å². The molecule has 6 nitrogen and oxygen atoms in total. The average Bonchev–Trinajstić information content (AvgIpc) is 3.30. The van der Waals surface area contributed by atoms with Crippen LogP contribution in [0, 0.1) is 11.8 Å². The standard InChI is InChI=1S/C17H27N3O3S2/c1-3-5-15(18-2)17(21)19-14-8-7-12-10-20(11-13(12)14)25(22,23)16-6-4-9-24-16/h4,6,9,12-15,18H,3,5,7-8,10-11H2,1-2H3,(H,19,21)/t12-,13+,14+,15+/m1/s1. The molecule has 25 heavy (non-hydrogen) atoms. The lowest BCUT2D eigenvalue weighted by atomic mass is 9.97. The minimum absolute atomic E-state index is 0.0366. The molecule has 1 aromatic heterocycles. The van der Waals surface area contributed by atoms with E-state index in [0.29, 0.717) is 23.2 Å². The summed E-state index contributed by atoms with van der Waals surface area (Å²) in [5.41, 5.74) is 0. The van der Waals surface area contributed by atoms with E-state index in [1.54, 1.807) is 21.8 Å². The van der Waals surface area contributed by atoms with E-state index >= 15 is 0 Å². The van der Waals surface area contributed by atoms with Gasteiger partial charge in [-0.3, -0.25) is 4.79 Å². The molecule has 1 aliphatic carbocycles. The maximum absolute atomic E-state index is 12.7. The summed E-state index contributed by atoms with van der Waals surface area (Å²) >= 11 is 1.26. The Bertz CT molecular complexity index is 690. The van der Waals surface area contributed by atoms with Crippen molar-refractivity contribution in [1.82, 2.24) is 14.9 Å². The summed E-state index contributed by atoms with van der Waals surface area (Å²) in [5.74, 6) is 0.603.